The van der Waals surface area contributed by atoms with Gasteiger partial charge in [-0.1, -0.05) is 30.3 Å². The standard InChI is InChI=1S/C28H36F3N3O4S/c1-6-16-33-18-21(5)34(19-20(33)4)26(22-12-14-23(15-13-22)27(35)32(7-2)8-3)24-10-9-11-25(17-24)38-39(36,37)28(29,30)31/h6,9-15,17,20-21,26H,1,7-8,16,18-19H2,2-5H3/t20-,21+,26-/m1/s1. The summed E-state index contributed by atoms with van der Waals surface area (Å²) in [5.74, 6) is -0.509. The van der Waals surface area contributed by atoms with Crippen LogP contribution >= 0.6 is 0 Å². The van der Waals surface area contributed by atoms with Crippen LogP contribution in [0.4, 0.5) is 13.2 Å². The summed E-state index contributed by atoms with van der Waals surface area (Å²) in [6.07, 6.45) is 1.85. The molecule has 2 aromatic carbocycles. The molecule has 0 bridgehead atoms. The number of halogens is 3. The van der Waals surface area contributed by atoms with Crippen molar-refractivity contribution < 1.29 is 30.6 Å². The summed E-state index contributed by atoms with van der Waals surface area (Å²) in [5.41, 5.74) is -3.62. The smallest absolute Gasteiger partial charge is 0.376 e. The lowest BCUT2D eigenvalue weighted by molar-refractivity contribution is -0.0500. The summed E-state index contributed by atoms with van der Waals surface area (Å²) < 4.78 is 66.7. The number of benzene rings is 2. The van der Waals surface area contributed by atoms with Crippen LogP contribution in [0.2, 0.25) is 0 Å². The van der Waals surface area contributed by atoms with E-state index in [0.717, 1.165) is 18.7 Å². The Morgan fingerprint density at radius 2 is 1.72 bits per heavy atom. The molecule has 0 aliphatic carbocycles. The van der Waals surface area contributed by atoms with Gasteiger partial charge in [0.2, 0.25) is 0 Å². The molecule has 0 spiro atoms. The number of nitrogens with zero attached hydrogens (tertiary/aromatic N) is 3. The largest absolute Gasteiger partial charge is 0.534 e. The summed E-state index contributed by atoms with van der Waals surface area (Å²) in [4.78, 5) is 19.1. The maximum absolute atomic E-state index is 13.0. The SMILES string of the molecule is C=CCN1C[C@H](C)N([C@H](c2ccc(C(=O)N(CC)CC)cc2)c2cccc(OS(=O)(=O)C(F)(F)F)c2)C[C@H]1C. The molecule has 2 aromatic rings. The monoisotopic (exact) mass is 567 g/mol. The maximum atomic E-state index is 13.0. The molecule has 0 aromatic heterocycles. The number of alkyl halides is 3. The fraction of sp³-hybridized carbons (Fsp3) is 0.464. The van der Waals surface area contributed by atoms with Gasteiger partial charge in [0, 0.05) is 50.4 Å². The fourth-order valence-corrected chi connectivity index (χ4v) is 5.44. The van der Waals surface area contributed by atoms with Gasteiger partial charge >= 0.3 is 15.6 Å². The third kappa shape index (κ3) is 7.01. The molecule has 1 heterocycles. The average molecular weight is 568 g/mol. The minimum atomic E-state index is -5.82. The van der Waals surface area contributed by atoms with Crippen LogP contribution in [-0.4, -0.2) is 79.3 Å². The Labute approximate surface area is 229 Å². The maximum Gasteiger partial charge on any atom is 0.534 e. The van der Waals surface area contributed by atoms with Gasteiger partial charge in [0.1, 0.15) is 5.75 Å². The normalized spacial score (nSPS) is 19.9. The van der Waals surface area contributed by atoms with Crippen molar-refractivity contribution in [2.75, 3.05) is 32.7 Å². The number of carbonyl (C=O) groups is 1. The second-order valence-electron chi connectivity index (χ2n) is 9.70. The highest BCUT2D eigenvalue weighted by Crippen LogP contribution is 2.36. The van der Waals surface area contributed by atoms with Gasteiger partial charge in [0.15, 0.2) is 0 Å². The molecule has 39 heavy (non-hydrogen) atoms. The zero-order valence-electron chi connectivity index (χ0n) is 22.7. The van der Waals surface area contributed by atoms with Crippen molar-refractivity contribution in [1.82, 2.24) is 14.7 Å². The number of amides is 1. The van der Waals surface area contributed by atoms with E-state index < -0.39 is 27.4 Å². The molecule has 11 heteroatoms. The lowest BCUT2D eigenvalue weighted by atomic mass is 9.92. The second-order valence-corrected chi connectivity index (χ2v) is 11.2. The van der Waals surface area contributed by atoms with Crippen LogP contribution in [0.15, 0.2) is 61.2 Å². The summed E-state index contributed by atoms with van der Waals surface area (Å²) in [5, 5.41) is 0. The van der Waals surface area contributed by atoms with Crippen molar-refractivity contribution in [2.24, 2.45) is 0 Å². The number of hydrogen-bond acceptors (Lipinski definition) is 6. The number of rotatable bonds is 10. The minimum Gasteiger partial charge on any atom is -0.376 e. The first-order chi connectivity index (χ1) is 18.3. The topological polar surface area (TPSA) is 70.2 Å². The molecule has 0 N–H and O–H groups in total. The highest BCUT2D eigenvalue weighted by molar-refractivity contribution is 7.88. The van der Waals surface area contributed by atoms with Gasteiger partial charge in [-0.3, -0.25) is 14.6 Å². The summed E-state index contributed by atoms with van der Waals surface area (Å²) >= 11 is 0. The third-order valence-electron chi connectivity index (χ3n) is 7.05. The molecule has 0 unspecified atom stereocenters. The molecule has 0 radical (unpaired) electrons. The molecule has 0 saturated carbocycles. The number of hydrogen-bond donors (Lipinski definition) is 0. The lowest BCUT2D eigenvalue weighted by Gasteiger charge is -2.47. The van der Waals surface area contributed by atoms with Crippen molar-refractivity contribution in [3.05, 3.63) is 77.9 Å². The van der Waals surface area contributed by atoms with Gasteiger partial charge in [0.25, 0.3) is 5.91 Å². The van der Waals surface area contributed by atoms with E-state index in [0.29, 0.717) is 30.8 Å². The Morgan fingerprint density at radius 1 is 1.08 bits per heavy atom. The predicted molar refractivity (Wildman–Crippen MR) is 145 cm³/mol. The van der Waals surface area contributed by atoms with Gasteiger partial charge in [-0.25, -0.2) is 0 Å². The molecule has 1 fully saturated rings. The van der Waals surface area contributed by atoms with E-state index in [1.807, 2.05) is 32.1 Å². The Kier molecular flexibility index (Phi) is 9.84. The van der Waals surface area contributed by atoms with Crippen molar-refractivity contribution in [3.8, 4) is 5.75 Å². The first kappa shape index (κ1) is 30.6. The van der Waals surface area contributed by atoms with Crippen LogP contribution in [0.1, 0.15) is 55.2 Å². The fourth-order valence-electron chi connectivity index (χ4n) is 4.99. The van der Waals surface area contributed by atoms with Crippen LogP contribution in [0.5, 0.6) is 5.75 Å². The number of piperazine rings is 1. The molecule has 1 saturated heterocycles. The van der Waals surface area contributed by atoms with Crippen molar-refractivity contribution in [2.45, 2.75) is 51.3 Å². The van der Waals surface area contributed by atoms with E-state index >= 15 is 0 Å². The molecule has 3 atom stereocenters. The van der Waals surface area contributed by atoms with Crippen LogP contribution in [0.25, 0.3) is 0 Å². The molecule has 1 aliphatic heterocycles. The minimum absolute atomic E-state index is 0.0478. The van der Waals surface area contributed by atoms with Crippen molar-refractivity contribution >= 4 is 16.0 Å². The predicted octanol–water partition coefficient (Wildman–Crippen LogP) is 5.07. The second kappa shape index (κ2) is 12.5. The van der Waals surface area contributed by atoms with E-state index in [9.17, 15) is 26.4 Å². The van der Waals surface area contributed by atoms with E-state index in [1.54, 1.807) is 23.1 Å². The highest BCUT2D eigenvalue weighted by atomic mass is 32.2. The van der Waals surface area contributed by atoms with Crippen LogP contribution in [0, 0.1) is 0 Å². The van der Waals surface area contributed by atoms with Crippen molar-refractivity contribution in [1.29, 1.82) is 0 Å². The Bertz CT molecular complexity index is 1250. The zero-order chi connectivity index (χ0) is 29.0. The van der Waals surface area contributed by atoms with Gasteiger partial charge in [0.05, 0.1) is 6.04 Å². The molecule has 7 nitrogen and oxygen atoms in total. The first-order valence-electron chi connectivity index (χ1n) is 12.9. The first-order valence-corrected chi connectivity index (χ1v) is 14.3. The Balaban J connectivity index is 2.04. The summed E-state index contributed by atoms with van der Waals surface area (Å²) in [6, 6.07) is 12.7. The van der Waals surface area contributed by atoms with Crippen LogP contribution in [0.3, 0.4) is 0 Å². The summed E-state index contributed by atoms with van der Waals surface area (Å²) in [7, 11) is -5.82. The average Bonchev–Trinajstić information content (AvgIpc) is 2.87. The number of carbonyl (C=O) groups excluding carboxylic acids is 1. The molecule has 1 aliphatic rings. The Hall–Kier alpha value is -2.89. The zero-order valence-corrected chi connectivity index (χ0v) is 23.5. The quantitative estimate of drug-likeness (QED) is 0.227. The van der Waals surface area contributed by atoms with E-state index in [-0.39, 0.29) is 18.0 Å². The van der Waals surface area contributed by atoms with E-state index in [2.05, 4.69) is 34.4 Å². The van der Waals surface area contributed by atoms with E-state index in [4.69, 9.17) is 0 Å². The lowest BCUT2D eigenvalue weighted by Crippen LogP contribution is -2.57. The van der Waals surface area contributed by atoms with Gasteiger partial charge in [-0.2, -0.15) is 21.6 Å². The van der Waals surface area contributed by atoms with Gasteiger partial charge in [-0.15, -0.1) is 6.58 Å². The third-order valence-corrected chi connectivity index (χ3v) is 8.02. The molecule has 1 amide bonds. The van der Waals surface area contributed by atoms with Crippen LogP contribution < -0.4 is 4.18 Å². The highest BCUT2D eigenvalue weighted by Gasteiger charge is 2.48. The Morgan fingerprint density at radius 3 is 2.28 bits per heavy atom. The van der Waals surface area contributed by atoms with Gasteiger partial charge in [-0.05, 0) is 63.1 Å². The molecular weight excluding hydrogens is 531 g/mol. The molecular formula is C28H36F3N3O4S. The van der Waals surface area contributed by atoms with Crippen molar-refractivity contribution in [3.63, 3.8) is 0 Å². The molecule has 3 rings (SSSR count). The molecule has 214 valence electrons. The van der Waals surface area contributed by atoms with Crippen LogP contribution in [-0.2, 0) is 10.1 Å². The van der Waals surface area contributed by atoms with E-state index in [1.165, 1.54) is 18.2 Å². The summed E-state index contributed by atoms with van der Waals surface area (Å²) in [6.45, 7) is 15.1. The van der Waals surface area contributed by atoms with Gasteiger partial charge < -0.3 is 9.08 Å².